The molecule has 1 aliphatic heterocycles. The zero-order valence-electron chi connectivity index (χ0n) is 15.8. The van der Waals surface area contributed by atoms with Gasteiger partial charge in [-0.1, -0.05) is 6.92 Å². The summed E-state index contributed by atoms with van der Waals surface area (Å²) in [5.41, 5.74) is 0.812. The van der Waals surface area contributed by atoms with E-state index in [2.05, 4.69) is 20.3 Å². The maximum absolute atomic E-state index is 10.3. The van der Waals surface area contributed by atoms with E-state index in [0.29, 0.717) is 17.0 Å². The molecule has 0 bridgehead atoms. The van der Waals surface area contributed by atoms with Crippen molar-refractivity contribution in [1.82, 2.24) is 19.5 Å². The molecule has 3 heterocycles. The van der Waals surface area contributed by atoms with E-state index in [9.17, 15) is 25.5 Å². The van der Waals surface area contributed by atoms with E-state index in [1.807, 2.05) is 13.8 Å². The number of ether oxygens (including phenoxy) is 1. The summed E-state index contributed by atoms with van der Waals surface area (Å²) in [6.45, 7) is 3.49. The number of hydrogen-bond donors (Lipinski definition) is 6. The minimum atomic E-state index is -1.49. The molecule has 0 amide bonds. The number of nitrogens with zero attached hydrogens (tertiary/aromatic N) is 4. The van der Waals surface area contributed by atoms with Crippen LogP contribution in [0.4, 0.5) is 5.82 Å². The van der Waals surface area contributed by atoms with Crippen molar-refractivity contribution in [2.24, 2.45) is 5.92 Å². The Hall–Kier alpha value is -1.89. The molecular weight excluding hydrogens is 370 g/mol. The third-order valence-electron chi connectivity index (χ3n) is 4.95. The van der Waals surface area contributed by atoms with Crippen molar-refractivity contribution in [2.45, 2.75) is 57.0 Å². The fraction of sp³-hybridized carbons (Fsp3) is 0.706. The Morgan fingerprint density at radius 3 is 2.54 bits per heavy atom. The highest BCUT2D eigenvalue weighted by Crippen LogP contribution is 2.31. The molecule has 3 rings (SSSR count). The molecule has 2 aromatic heterocycles. The Kier molecular flexibility index (Phi) is 6.43. The number of anilines is 1. The number of hydrogen-bond acceptors (Lipinski definition) is 10. The summed E-state index contributed by atoms with van der Waals surface area (Å²) in [6.07, 6.45) is -3.01. The molecule has 1 saturated heterocycles. The number of imidazole rings is 1. The largest absolute Gasteiger partial charge is 0.396 e. The molecule has 1 fully saturated rings. The van der Waals surface area contributed by atoms with Crippen molar-refractivity contribution in [2.75, 3.05) is 18.5 Å². The minimum Gasteiger partial charge on any atom is -0.396 e. The van der Waals surface area contributed by atoms with Crippen molar-refractivity contribution in [3.8, 4) is 0 Å². The molecule has 0 aliphatic carbocycles. The molecule has 7 atom stereocenters. The van der Waals surface area contributed by atoms with Crippen LogP contribution in [-0.2, 0) is 4.74 Å². The first-order valence-corrected chi connectivity index (χ1v) is 9.22. The Morgan fingerprint density at radius 2 is 1.86 bits per heavy atom. The normalized spacial score (nSPS) is 30.3. The molecule has 0 aromatic carbocycles. The summed E-state index contributed by atoms with van der Waals surface area (Å²) in [5, 5.41) is 52.2. The van der Waals surface area contributed by atoms with Gasteiger partial charge in [-0.05, 0) is 19.3 Å². The van der Waals surface area contributed by atoms with Gasteiger partial charge >= 0.3 is 0 Å². The van der Waals surface area contributed by atoms with Gasteiger partial charge in [-0.3, -0.25) is 4.57 Å². The quantitative estimate of drug-likeness (QED) is 0.328. The van der Waals surface area contributed by atoms with Crippen molar-refractivity contribution in [3.63, 3.8) is 0 Å². The number of nitrogens with one attached hydrogen (secondary N) is 1. The number of aromatic nitrogens is 4. The maximum Gasteiger partial charge on any atom is 0.167 e. The number of aliphatic hydroxyl groups is 5. The summed E-state index contributed by atoms with van der Waals surface area (Å²) in [7, 11) is 0. The van der Waals surface area contributed by atoms with Crippen LogP contribution in [0.25, 0.3) is 11.2 Å². The van der Waals surface area contributed by atoms with Gasteiger partial charge < -0.3 is 35.6 Å². The lowest BCUT2D eigenvalue weighted by molar-refractivity contribution is -0.250. The van der Waals surface area contributed by atoms with Gasteiger partial charge in [0.2, 0.25) is 0 Å². The van der Waals surface area contributed by atoms with Gasteiger partial charge in [-0.25, -0.2) is 15.0 Å². The molecule has 6 N–H and O–H groups in total. The van der Waals surface area contributed by atoms with E-state index in [1.54, 1.807) is 0 Å². The van der Waals surface area contributed by atoms with Crippen molar-refractivity contribution < 1.29 is 30.3 Å². The highest BCUT2D eigenvalue weighted by molar-refractivity contribution is 5.82. The van der Waals surface area contributed by atoms with Gasteiger partial charge in [0.05, 0.1) is 12.9 Å². The van der Waals surface area contributed by atoms with Crippen LogP contribution in [0.5, 0.6) is 0 Å². The van der Waals surface area contributed by atoms with E-state index in [4.69, 9.17) is 4.74 Å². The van der Waals surface area contributed by atoms with Gasteiger partial charge in [-0.15, -0.1) is 0 Å². The molecule has 28 heavy (non-hydrogen) atoms. The molecule has 2 aromatic rings. The second-order valence-corrected chi connectivity index (χ2v) is 7.33. The molecule has 156 valence electrons. The monoisotopic (exact) mass is 397 g/mol. The van der Waals surface area contributed by atoms with Gasteiger partial charge in [-0.2, -0.15) is 0 Å². The van der Waals surface area contributed by atoms with E-state index in [1.165, 1.54) is 17.2 Å². The molecule has 3 unspecified atom stereocenters. The molecule has 1 aliphatic rings. The standard InChI is InChI=1S/C17H27N5O6/c1-8(4-23)3-9(2)21-15-11-16(19-6-18-15)22(7-20-11)17-14(27)13(26)12(25)10(5-24)28-17/h6-10,12-14,17,23-27H,3-5H2,1-2H3,(H,18,19,21)/t8?,9?,10-,12-,13+,14-,17?/m1/s1. The Labute approximate surface area is 161 Å². The van der Waals surface area contributed by atoms with Crippen LogP contribution >= 0.6 is 0 Å². The first-order valence-electron chi connectivity index (χ1n) is 9.22. The molecule has 11 nitrogen and oxygen atoms in total. The average Bonchev–Trinajstić information content (AvgIpc) is 3.11. The van der Waals surface area contributed by atoms with Crippen LogP contribution < -0.4 is 5.32 Å². The average molecular weight is 397 g/mol. The summed E-state index contributed by atoms with van der Waals surface area (Å²) < 4.78 is 7.01. The Morgan fingerprint density at radius 1 is 1.11 bits per heavy atom. The van der Waals surface area contributed by atoms with Gasteiger partial charge in [0, 0.05) is 12.6 Å². The van der Waals surface area contributed by atoms with Crippen LogP contribution in [-0.4, -0.2) is 88.7 Å². The minimum absolute atomic E-state index is 0.0256. The zero-order valence-corrected chi connectivity index (χ0v) is 15.8. The van der Waals surface area contributed by atoms with E-state index in [0.717, 1.165) is 6.42 Å². The number of fused-ring (bicyclic) bond motifs is 1. The summed E-state index contributed by atoms with van der Waals surface area (Å²) in [6, 6.07) is 0.0256. The van der Waals surface area contributed by atoms with Gasteiger partial charge in [0.15, 0.2) is 23.2 Å². The maximum atomic E-state index is 10.3. The lowest BCUT2D eigenvalue weighted by Crippen LogP contribution is -2.56. The van der Waals surface area contributed by atoms with Crippen molar-refractivity contribution >= 4 is 17.0 Å². The Balaban J connectivity index is 1.88. The van der Waals surface area contributed by atoms with Crippen LogP contribution in [0.3, 0.4) is 0 Å². The lowest BCUT2D eigenvalue weighted by Gasteiger charge is -2.40. The molecule has 0 spiro atoms. The fourth-order valence-corrected chi connectivity index (χ4v) is 3.43. The highest BCUT2D eigenvalue weighted by atomic mass is 16.6. The van der Waals surface area contributed by atoms with Crippen molar-refractivity contribution in [3.05, 3.63) is 12.7 Å². The van der Waals surface area contributed by atoms with E-state index in [-0.39, 0.29) is 18.6 Å². The van der Waals surface area contributed by atoms with Gasteiger partial charge in [0.1, 0.15) is 30.7 Å². The highest BCUT2D eigenvalue weighted by Gasteiger charge is 2.44. The zero-order chi connectivity index (χ0) is 20.4. The third-order valence-corrected chi connectivity index (χ3v) is 4.95. The molecule has 0 saturated carbocycles. The summed E-state index contributed by atoms with van der Waals surface area (Å²) >= 11 is 0. The first-order chi connectivity index (χ1) is 13.4. The van der Waals surface area contributed by atoms with E-state index >= 15 is 0 Å². The van der Waals surface area contributed by atoms with Crippen molar-refractivity contribution in [1.29, 1.82) is 0 Å². The molecule has 0 radical (unpaired) electrons. The predicted molar refractivity (Wildman–Crippen MR) is 98.3 cm³/mol. The molecular formula is C17H27N5O6. The number of rotatable bonds is 7. The molecule has 11 heteroatoms. The van der Waals surface area contributed by atoms with Gasteiger partial charge in [0.25, 0.3) is 0 Å². The van der Waals surface area contributed by atoms with Crippen LogP contribution in [0.1, 0.15) is 26.5 Å². The Bertz CT molecular complexity index is 786. The van der Waals surface area contributed by atoms with E-state index < -0.39 is 37.3 Å². The SMILES string of the molecule is CC(CO)CC(C)Nc1ncnc2c1ncn2C1O[C@H](CO)[C@@H](O)[C@H](O)[C@H]1O. The lowest BCUT2D eigenvalue weighted by atomic mass is 9.98. The summed E-state index contributed by atoms with van der Waals surface area (Å²) in [4.78, 5) is 12.7. The predicted octanol–water partition coefficient (Wildman–Crippen LogP) is -1.38. The number of aliphatic hydroxyl groups excluding tert-OH is 5. The van der Waals surface area contributed by atoms with Crippen LogP contribution in [0.2, 0.25) is 0 Å². The fourth-order valence-electron chi connectivity index (χ4n) is 3.43. The third kappa shape index (κ3) is 3.95. The second kappa shape index (κ2) is 8.64. The smallest absolute Gasteiger partial charge is 0.167 e. The second-order valence-electron chi connectivity index (χ2n) is 7.33. The van der Waals surface area contributed by atoms with Crippen LogP contribution in [0.15, 0.2) is 12.7 Å². The topological polar surface area (TPSA) is 166 Å². The first kappa shape index (κ1) is 20.8. The van der Waals surface area contributed by atoms with Crippen LogP contribution in [0, 0.1) is 5.92 Å². The summed E-state index contributed by atoms with van der Waals surface area (Å²) in [5.74, 6) is 0.623.